The van der Waals surface area contributed by atoms with Crippen LogP contribution in [-0.4, -0.2) is 65.0 Å². The summed E-state index contributed by atoms with van der Waals surface area (Å²) in [7, 11) is 0. The van der Waals surface area contributed by atoms with Crippen molar-refractivity contribution in [3.63, 3.8) is 0 Å². The molecule has 5 rings (SSSR count). The van der Waals surface area contributed by atoms with Gasteiger partial charge in [0.05, 0.1) is 6.07 Å². The van der Waals surface area contributed by atoms with E-state index in [1.807, 2.05) is 4.90 Å². The summed E-state index contributed by atoms with van der Waals surface area (Å²) in [5.41, 5.74) is -1.05. The summed E-state index contributed by atoms with van der Waals surface area (Å²) in [5, 5.41) is 11.5. The molecule has 1 saturated carbocycles. The minimum absolute atomic E-state index is 0.0372. The van der Waals surface area contributed by atoms with Crippen LogP contribution in [0.5, 0.6) is 5.75 Å². The van der Waals surface area contributed by atoms with Gasteiger partial charge >= 0.3 is 6.18 Å². The smallest absolute Gasteiger partial charge is 0.407 e. The summed E-state index contributed by atoms with van der Waals surface area (Å²) >= 11 is 0. The quantitative estimate of drug-likeness (QED) is 0.633. The van der Waals surface area contributed by atoms with E-state index in [1.165, 1.54) is 11.0 Å². The predicted molar refractivity (Wildman–Crippen MR) is 119 cm³/mol. The number of ether oxygens (including phenoxy) is 1. The number of hydrogen-bond donors (Lipinski definition) is 1. The Morgan fingerprint density at radius 1 is 1.11 bits per heavy atom. The predicted octanol–water partition coefficient (Wildman–Crippen LogP) is 2.92. The number of carbonyl (C=O) groups is 3. The second-order valence-corrected chi connectivity index (χ2v) is 10.1. The summed E-state index contributed by atoms with van der Waals surface area (Å²) < 4.78 is 46.7. The number of fused-ring (bicyclic) bond motifs is 1. The van der Waals surface area contributed by atoms with Crippen LogP contribution in [0.2, 0.25) is 0 Å². The number of nitrogens with zero attached hydrogens (tertiary/aromatic N) is 3. The average molecular weight is 505 g/mol. The first-order valence-electron chi connectivity index (χ1n) is 12.3. The van der Waals surface area contributed by atoms with Crippen molar-refractivity contribution < 1.29 is 32.3 Å². The highest BCUT2D eigenvalue weighted by Gasteiger charge is 2.57. The molecule has 1 aliphatic carbocycles. The maximum absolute atomic E-state index is 13.5. The summed E-state index contributed by atoms with van der Waals surface area (Å²) in [6, 6.07) is 5.96. The van der Waals surface area contributed by atoms with E-state index in [9.17, 15) is 32.8 Å². The van der Waals surface area contributed by atoms with Crippen LogP contribution >= 0.6 is 0 Å². The van der Waals surface area contributed by atoms with Gasteiger partial charge in [-0.15, -0.1) is 0 Å². The molecule has 11 heteroatoms. The molecular weight excluding hydrogens is 477 g/mol. The maximum atomic E-state index is 13.5. The monoisotopic (exact) mass is 504 g/mol. The van der Waals surface area contributed by atoms with Crippen molar-refractivity contribution in [3.8, 4) is 11.8 Å². The van der Waals surface area contributed by atoms with E-state index in [-0.39, 0.29) is 69.3 Å². The molecule has 1 aromatic rings. The highest BCUT2D eigenvalue weighted by atomic mass is 19.4. The number of hydrogen-bond acceptors (Lipinski definition) is 6. The van der Waals surface area contributed by atoms with Gasteiger partial charge in [0, 0.05) is 37.7 Å². The molecule has 3 unspecified atom stereocenters. The molecule has 3 atom stereocenters. The minimum atomic E-state index is -4.54. The Labute approximate surface area is 206 Å². The van der Waals surface area contributed by atoms with Gasteiger partial charge in [-0.05, 0) is 62.3 Å². The van der Waals surface area contributed by atoms with Crippen molar-refractivity contribution in [3.05, 3.63) is 29.3 Å². The van der Waals surface area contributed by atoms with Crippen LogP contribution in [0.15, 0.2) is 18.2 Å². The molecule has 0 aromatic heterocycles. The Morgan fingerprint density at radius 2 is 1.86 bits per heavy atom. The van der Waals surface area contributed by atoms with Gasteiger partial charge in [-0.1, -0.05) is 0 Å². The third-order valence-electron chi connectivity index (χ3n) is 8.08. The third-order valence-corrected chi connectivity index (χ3v) is 8.08. The van der Waals surface area contributed by atoms with Crippen molar-refractivity contribution in [2.24, 2.45) is 5.41 Å². The number of piperidine rings is 2. The Bertz CT molecular complexity index is 1120. The largest absolute Gasteiger partial charge is 0.489 e. The molecule has 0 bridgehead atoms. The van der Waals surface area contributed by atoms with Gasteiger partial charge in [-0.25, -0.2) is 0 Å². The standard InChI is InChI=1S/C25H27F3N4O4/c26-25(27,28)24(14-29)8-10-31(11-9-24)18-2-1-3-20(18)36-16-4-5-17-15(12-16)13-32(23(17)35)19-6-7-21(33)30-22(19)34/h4-5,12,18-20H,1-3,6-11,13H2,(H,30,33,34). The average Bonchev–Trinajstić information content (AvgIpc) is 3.42. The lowest BCUT2D eigenvalue weighted by Gasteiger charge is -2.42. The van der Waals surface area contributed by atoms with E-state index in [2.05, 4.69) is 5.32 Å². The first-order chi connectivity index (χ1) is 17.1. The Kier molecular flexibility index (Phi) is 6.19. The number of imide groups is 1. The lowest BCUT2D eigenvalue weighted by atomic mass is 9.78. The van der Waals surface area contributed by atoms with Crippen molar-refractivity contribution >= 4 is 17.7 Å². The van der Waals surface area contributed by atoms with Crippen LogP contribution in [0.3, 0.4) is 0 Å². The number of alkyl halides is 3. The molecule has 4 aliphatic rings. The third kappa shape index (κ3) is 4.21. The molecule has 36 heavy (non-hydrogen) atoms. The molecule has 1 aromatic carbocycles. The molecule has 0 radical (unpaired) electrons. The Balaban J connectivity index is 1.24. The molecule has 3 heterocycles. The lowest BCUT2D eigenvalue weighted by molar-refractivity contribution is -0.216. The van der Waals surface area contributed by atoms with Crippen LogP contribution in [0.25, 0.3) is 0 Å². The molecule has 3 aliphatic heterocycles. The Morgan fingerprint density at radius 3 is 2.53 bits per heavy atom. The van der Waals surface area contributed by atoms with E-state index >= 15 is 0 Å². The number of benzene rings is 1. The fourth-order valence-electron chi connectivity index (χ4n) is 5.96. The minimum Gasteiger partial charge on any atom is -0.489 e. The number of amides is 3. The zero-order valence-corrected chi connectivity index (χ0v) is 19.6. The fraction of sp³-hybridized carbons (Fsp3) is 0.600. The molecule has 192 valence electrons. The molecule has 1 N–H and O–H groups in total. The second-order valence-electron chi connectivity index (χ2n) is 10.1. The topological polar surface area (TPSA) is 103 Å². The normalized spacial score (nSPS) is 28.6. The van der Waals surface area contributed by atoms with Crippen molar-refractivity contribution in [2.75, 3.05) is 13.1 Å². The van der Waals surface area contributed by atoms with E-state index in [0.717, 1.165) is 24.8 Å². The first-order valence-corrected chi connectivity index (χ1v) is 12.3. The molecule has 3 amide bonds. The van der Waals surface area contributed by atoms with Gasteiger partial charge in [0.2, 0.25) is 11.8 Å². The number of rotatable bonds is 4. The maximum Gasteiger partial charge on any atom is 0.407 e. The number of nitrogens with one attached hydrogen (secondary N) is 1. The van der Waals surface area contributed by atoms with Gasteiger partial charge < -0.3 is 9.64 Å². The van der Waals surface area contributed by atoms with Gasteiger partial charge in [-0.2, -0.15) is 18.4 Å². The molecule has 2 saturated heterocycles. The first kappa shape index (κ1) is 24.6. The number of nitriles is 1. The van der Waals surface area contributed by atoms with Crippen LogP contribution in [0.1, 0.15) is 60.9 Å². The van der Waals surface area contributed by atoms with E-state index in [4.69, 9.17) is 4.74 Å². The van der Waals surface area contributed by atoms with Crippen molar-refractivity contribution in [1.82, 2.24) is 15.1 Å². The number of halogens is 3. The summed E-state index contributed by atoms with van der Waals surface area (Å²) in [6.45, 7) is 0.625. The number of likely N-dealkylation sites (tertiary alicyclic amines) is 1. The van der Waals surface area contributed by atoms with Gasteiger partial charge in [0.15, 0.2) is 5.41 Å². The Hall–Kier alpha value is -3.13. The molecule has 8 nitrogen and oxygen atoms in total. The van der Waals surface area contributed by atoms with Gasteiger partial charge in [0.25, 0.3) is 5.91 Å². The fourth-order valence-corrected chi connectivity index (χ4v) is 5.96. The highest BCUT2D eigenvalue weighted by molar-refractivity contribution is 6.05. The zero-order chi connectivity index (χ0) is 25.7. The van der Waals surface area contributed by atoms with Crippen molar-refractivity contribution in [2.45, 2.75) is 75.9 Å². The lowest BCUT2D eigenvalue weighted by Crippen LogP contribution is -2.52. The van der Waals surface area contributed by atoms with E-state index < -0.39 is 23.5 Å². The SMILES string of the molecule is N#CC1(C(F)(F)F)CCN(C2CCCC2Oc2ccc3c(c2)CN(C2CCC(=O)NC2=O)C3=O)CC1. The van der Waals surface area contributed by atoms with Crippen LogP contribution in [0.4, 0.5) is 13.2 Å². The van der Waals surface area contributed by atoms with Gasteiger partial charge in [0.1, 0.15) is 17.9 Å². The zero-order valence-electron chi connectivity index (χ0n) is 19.6. The summed E-state index contributed by atoms with van der Waals surface area (Å²) in [4.78, 5) is 40.1. The summed E-state index contributed by atoms with van der Waals surface area (Å²) in [6.07, 6.45) is -2.29. The van der Waals surface area contributed by atoms with Crippen molar-refractivity contribution in [1.29, 1.82) is 5.26 Å². The second kappa shape index (κ2) is 9.07. The number of carbonyl (C=O) groups excluding carboxylic acids is 3. The van der Waals surface area contributed by atoms with Crippen LogP contribution in [-0.2, 0) is 16.1 Å². The highest BCUT2D eigenvalue weighted by Crippen LogP contribution is 2.46. The summed E-state index contributed by atoms with van der Waals surface area (Å²) in [5.74, 6) is -0.496. The van der Waals surface area contributed by atoms with E-state index in [0.29, 0.717) is 11.3 Å². The van der Waals surface area contributed by atoms with Crippen LogP contribution < -0.4 is 10.1 Å². The molecule has 3 fully saturated rings. The van der Waals surface area contributed by atoms with E-state index in [1.54, 1.807) is 18.2 Å². The molecular formula is C25H27F3N4O4. The van der Waals surface area contributed by atoms with Crippen LogP contribution in [0, 0.1) is 16.7 Å². The van der Waals surface area contributed by atoms with Gasteiger partial charge in [-0.3, -0.25) is 24.6 Å². The molecule has 0 spiro atoms.